The van der Waals surface area contributed by atoms with Crippen LogP contribution in [0, 0.1) is 34.0 Å². The van der Waals surface area contributed by atoms with Gasteiger partial charge in [0.1, 0.15) is 28.9 Å². The number of nitrogens with zero attached hydrogens (tertiary/aromatic N) is 5. The van der Waals surface area contributed by atoms with Crippen molar-refractivity contribution in [1.29, 1.82) is 15.8 Å². The number of benzene rings is 1. The minimum atomic E-state index is -0.832. The third-order valence-corrected chi connectivity index (χ3v) is 2.01. The van der Waals surface area contributed by atoms with Crippen molar-refractivity contribution in [2.24, 2.45) is 9.98 Å². The van der Waals surface area contributed by atoms with E-state index in [1.807, 2.05) is 18.2 Å². The van der Waals surface area contributed by atoms with Gasteiger partial charge in [-0.05, 0) is 12.1 Å². The fourth-order valence-corrected chi connectivity index (χ4v) is 1.35. The van der Waals surface area contributed by atoms with Crippen LogP contribution in [0.25, 0.3) is 0 Å². The molecule has 1 aromatic rings. The van der Waals surface area contributed by atoms with Crippen molar-refractivity contribution < 1.29 is 0 Å². The Kier molecular flexibility index (Phi) is 3.44. The summed E-state index contributed by atoms with van der Waals surface area (Å²) in [6.07, 6.45) is -0.832. The summed E-state index contributed by atoms with van der Waals surface area (Å²) >= 11 is 0. The van der Waals surface area contributed by atoms with Gasteiger partial charge in [0.25, 0.3) is 0 Å². The number of fused-ring (bicyclic) bond motifs is 1. The van der Waals surface area contributed by atoms with Crippen molar-refractivity contribution in [1.82, 2.24) is 0 Å². The molecule has 6 heteroatoms. The van der Waals surface area contributed by atoms with Crippen LogP contribution in [0.3, 0.4) is 0 Å². The first-order chi connectivity index (χ1) is 7.30. The van der Waals surface area contributed by atoms with Gasteiger partial charge in [0.15, 0.2) is 0 Å². The zero-order chi connectivity index (χ0) is 10.8. The van der Waals surface area contributed by atoms with Crippen LogP contribution < -0.4 is 10.7 Å². The monoisotopic (exact) mass is 201 g/mol. The van der Waals surface area contributed by atoms with E-state index < -0.39 is 6.17 Å². The predicted molar refractivity (Wildman–Crippen MR) is 54.7 cm³/mol. The minimum absolute atomic E-state index is 0. The molecular weight excluding hydrogens is 197 g/mol. The van der Waals surface area contributed by atoms with Gasteiger partial charge in [-0.2, -0.15) is 15.8 Å². The quantitative estimate of drug-likeness (QED) is 0.497. The molecule has 1 aliphatic rings. The Balaban J connectivity index is 0.00000128. The molecule has 0 amide bonds. The van der Waals surface area contributed by atoms with Gasteiger partial charge in [-0.3, -0.25) is 0 Å². The van der Waals surface area contributed by atoms with Gasteiger partial charge in [-0.1, -0.05) is 0 Å². The third-order valence-electron chi connectivity index (χ3n) is 2.01. The molecule has 0 N–H and O–H groups in total. The Morgan fingerprint density at radius 3 is 1.69 bits per heavy atom. The Morgan fingerprint density at radius 1 is 0.938 bits per heavy atom. The molecule has 5 nitrogen and oxygen atoms in total. The van der Waals surface area contributed by atoms with Crippen molar-refractivity contribution in [2.45, 2.75) is 6.17 Å². The second kappa shape index (κ2) is 4.60. The fourth-order valence-electron chi connectivity index (χ4n) is 1.35. The Hall–Kier alpha value is -2.11. The van der Waals surface area contributed by atoms with E-state index in [4.69, 9.17) is 15.8 Å². The average Bonchev–Trinajstić information content (AvgIpc) is 2.71. The first kappa shape index (κ1) is 12.0. The van der Waals surface area contributed by atoms with E-state index in [0.29, 0.717) is 21.8 Å². The summed E-state index contributed by atoms with van der Waals surface area (Å²) in [6, 6.07) is 8.78. The number of rotatable bonds is 0. The Bertz CT molecular complexity index is 618. The maximum atomic E-state index is 8.81. The molecule has 0 spiro atoms. The molecule has 0 fully saturated rings. The van der Waals surface area contributed by atoms with E-state index in [2.05, 4.69) is 9.98 Å². The summed E-state index contributed by atoms with van der Waals surface area (Å²) < 4.78 is 0. The first-order valence-corrected chi connectivity index (χ1v) is 4.08. The molecule has 0 unspecified atom stereocenters. The van der Waals surface area contributed by atoms with E-state index in [-0.39, 0.29) is 18.9 Å². The topological polar surface area (TPSA) is 96.1 Å². The van der Waals surface area contributed by atoms with Crippen molar-refractivity contribution in [3.8, 4) is 18.2 Å². The number of hydrogen-bond donors (Lipinski definition) is 0. The van der Waals surface area contributed by atoms with Crippen LogP contribution in [0.2, 0.25) is 0 Å². The molecule has 0 bridgehead atoms. The molecule has 0 atom stereocenters. The number of hydrogen-bond acceptors (Lipinski definition) is 5. The Morgan fingerprint density at radius 2 is 1.38 bits per heavy atom. The van der Waals surface area contributed by atoms with Crippen LogP contribution >= 0.6 is 0 Å². The molecule has 1 aliphatic heterocycles. The Labute approximate surface area is 103 Å². The molecule has 0 radical (unpaired) electrons. The molecule has 0 aromatic heterocycles. The van der Waals surface area contributed by atoms with Gasteiger partial charge in [0.2, 0.25) is 6.17 Å². The third kappa shape index (κ3) is 1.69. The van der Waals surface area contributed by atoms with Gasteiger partial charge in [-0.25, -0.2) is 9.98 Å². The van der Waals surface area contributed by atoms with Gasteiger partial charge < -0.3 is 0 Å². The second-order valence-electron chi connectivity index (χ2n) is 2.84. The van der Waals surface area contributed by atoms with E-state index in [9.17, 15) is 0 Å². The molecule has 70 valence electrons. The molecule has 1 aromatic carbocycles. The molecule has 0 saturated heterocycles. The van der Waals surface area contributed by atoms with Crippen molar-refractivity contribution >= 4 is 18.9 Å². The van der Waals surface area contributed by atoms with Crippen LogP contribution in [0.4, 0.5) is 0 Å². The normalized spacial score (nSPS) is 11.8. The van der Waals surface area contributed by atoms with Crippen molar-refractivity contribution in [3.05, 3.63) is 34.0 Å². The van der Waals surface area contributed by atoms with Crippen LogP contribution in [-0.2, 0) is 0 Å². The summed E-state index contributed by atoms with van der Waals surface area (Å²) in [5.74, 6) is 0. The van der Waals surface area contributed by atoms with Crippen LogP contribution in [0.1, 0.15) is 11.1 Å². The van der Waals surface area contributed by atoms with Gasteiger partial charge in [0.05, 0.1) is 11.1 Å². The van der Waals surface area contributed by atoms with Gasteiger partial charge in [0, 0.05) is 0 Å². The number of nitriles is 3. The summed E-state index contributed by atoms with van der Waals surface area (Å²) in [5, 5.41) is 27.0. The van der Waals surface area contributed by atoms with Gasteiger partial charge in [-0.15, -0.1) is 0 Å². The van der Waals surface area contributed by atoms with Crippen molar-refractivity contribution in [2.75, 3.05) is 0 Å². The van der Waals surface area contributed by atoms with E-state index in [1.54, 1.807) is 0 Å². The average molecular weight is 201 g/mol. The fraction of sp³-hybridized carbons (Fsp3) is 0.100. The van der Waals surface area contributed by atoms with Gasteiger partial charge >= 0.3 is 18.9 Å². The molecule has 2 rings (SSSR count). The second-order valence-corrected chi connectivity index (χ2v) is 2.84. The van der Waals surface area contributed by atoms with E-state index in [0.717, 1.165) is 0 Å². The summed E-state index contributed by atoms with van der Waals surface area (Å²) in [7, 11) is 0. The summed E-state index contributed by atoms with van der Waals surface area (Å²) in [6.45, 7) is 0. The molecule has 1 heterocycles. The van der Waals surface area contributed by atoms with Crippen molar-refractivity contribution in [3.63, 3.8) is 0 Å². The van der Waals surface area contributed by atoms with Crippen LogP contribution in [0.5, 0.6) is 0 Å². The molecule has 16 heavy (non-hydrogen) atoms. The molecular formula is C10H4LiN5. The standard InChI is InChI=1S/C10H3N5.Li.H/c11-3-6-1-2-7(4-12)10-9(6)14-8(5-13)15-10;;/h1-2,8H;;. The zero-order valence-electron chi connectivity index (χ0n) is 7.47. The maximum absolute atomic E-state index is 8.81. The summed E-state index contributed by atoms with van der Waals surface area (Å²) in [5.41, 5.74) is 0.677. The van der Waals surface area contributed by atoms with E-state index >= 15 is 0 Å². The van der Waals surface area contributed by atoms with Crippen LogP contribution in [-0.4, -0.2) is 25.0 Å². The molecule has 0 saturated carbocycles. The van der Waals surface area contributed by atoms with E-state index in [1.165, 1.54) is 12.1 Å². The predicted octanol–water partition coefficient (Wildman–Crippen LogP) is -1.12. The first-order valence-electron chi connectivity index (χ1n) is 4.08. The molecule has 0 aliphatic carbocycles. The SMILES string of the molecule is N#Cc1ccc(C#N)c2c1=NC(C#N)N=2.[LiH]. The zero-order valence-corrected chi connectivity index (χ0v) is 7.47. The van der Waals surface area contributed by atoms with Crippen LogP contribution in [0.15, 0.2) is 22.1 Å². The summed E-state index contributed by atoms with van der Waals surface area (Å²) in [4.78, 5) is 7.90.